The second kappa shape index (κ2) is 1.92. The lowest BCUT2D eigenvalue weighted by molar-refractivity contribution is -0.124. The number of hydrogen-bond acceptors (Lipinski definition) is 2. The molecule has 0 rings (SSSR count). The zero-order valence-corrected chi connectivity index (χ0v) is 3.64. The fourth-order valence-electron chi connectivity index (χ4n) is 0. The Balaban J connectivity index is 3.35. The monoisotopic (exact) mass is 89.1 g/mol. The van der Waals surface area contributed by atoms with Crippen molar-refractivity contribution in [1.82, 2.24) is 0 Å². The highest BCUT2D eigenvalue weighted by molar-refractivity contribution is 5.79. The van der Waals surface area contributed by atoms with Gasteiger partial charge in [0.05, 0.1) is 0 Å². The van der Waals surface area contributed by atoms with E-state index in [1.165, 1.54) is 6.92 Å². The fourth-order valence-corrected chi connectivity index (χ4v) is 0. The zero-order valence-electron chi connectivity index (χ0n) is 4.64. The van der Waals surface area contributed by atoms with Gasteiger partial charge in [0.25, 0.3) is 0 Å². The normalized spacial score (nSPS) is 16.0. The molecule has 0 radical (unpaired) electrons. The molecule has 6 heavy (non-hydrogen) atoms. The van der Waals surface area contributed by atoms with Crippen LogP contribution in [0, 0.1) is 0 Å². The van der Waals surface area contributed by atoms with Crippen molar-refractivity contribution in [2.24, 2.45) is 0 Å². The van der Waals surface area contributed by atoms with Crippen LogP contribution in [0.2, 0.25) is 0 Å². The maximum absolute atomic E-state index is 10.1. The van der Waals surface area contributed by atoms with E-state index < -0.39 is 11.9 Å². The van der Waals surface area contributed by atoms with Gasteiger partial charge in [0, 0.05) is 1.37 Å². The quantitative estimate of drug-likeness (QED) is 0.489. The van der Waals surface area contributed by atoms with E-state index >= 15 is 0 Å². The molecule has 1 N–H and O–H groups in total. The molecular formula is C4H8O2. The van der Waals surface area contributed by atoms with E-state index in [9.17, 15) is 4.79 Å². The van der Waals surface area contributed by atoms with Gasteiger partial charge in [-0.15, -0.1) is 0 Å². The molecule has 1 atom stereocenters. The van der Waals surface area contributed by atoms with Crippen molar-refractivity contribution in [3.8, 4) is 0 Å². The maximum Gasteiger partial charge on any atom is 0.157 e. The van der Waals surface area contributed by atoms with E-state index in [4.69, 9.17) is 6.48 Å². The van der Waals surface area contributed by atoms with Gasteiger partial charge in [-0.1, -0.05) is 0 Å². The fraction of sp³-hybridized carbons (Fsp3) is 0.750. The molecule has 0 saturated heterocycles. The summed E-state index contributed by atoms with van der Waals surface area (Å²) in [6.07, 6.45) is -0.961. The Morgan fingerprint density at radius 1 is 2.17 bits per heavy atom. The summed E-state index contributed by atoms with van der Waals surface area (Å²) in [7, 11) is 0. The Labute approximate surface area is 38.2 Å². The molecule has 0 aromatic carbocycles. The van der Waals surface area contributed by atoms with Gasteiger partial charge in [-0.05, 0) is 13.8 Å². The van der Waals surface area contributed by atoms with Gasteiger partial charge in [-0.25, -0.2) is 0 Å². The van der Waals surface area contributed by atoms with Crippen molar-refractivity contribution in [2.75, 3.05) is 0 Å². The second-order valence-electron chi connectivity index (χ2n) is 1.14. The minimum absolute atomic E-state index is 0.322. The van der Waals surface area contributed by atoms with Crippen molar-refractivity contribution >= 4 is 5.78 Å². The first-order valence-corrected chi connectivity index (χ1v) is 1.68. The first-order valence-electron chi connectivity index (χ1n) is 2.39. The molecule has 0 aromatic heterocycles. The van der Waals surface area contributed by atoms with Crippen molar-refractivity contribution in [3.63, 3.8) is 0 Å². The van der Waals surface area contributed by atoms with Crippen LogP contribution >= 0.6 is 0 Å². The highest BCUT2D eigenvalue weighted by Gasteiger charge is 1.97. The van der Waals surface area contributed by atoms with Gasteiger partial charge in [0.15, 0.2) is 5.78 Å². The van der Waals surface area contributed by atoms with Crippen LogP contribution in [0.25, 0.3) is 0 Å². The van der Waals surface area contributed by atoms with E-state index in [0.29, 0.717) is 0 Å². The maximum atomic E-state index is 10.1. The van der Waals surface area contributed by atoms with Crippen LogP contribution in [0.1, 0.15) is 15.2 Å². The minimum atomic E-state index is -0.961. The average Bonchev–Trinajstić information content (AvgIpc) is 1.65. The molecule has 0 spiro atoms. The molecular weight excluding hydrogens is 80.0 g/mol. The third kappa shape index (κ3) is 1.91. The Kier molecular flexibility index (Phi) is 1.22. The molecule has 2 heteroatoms. The number of ketones is 1. The van der Waals surface area contributed by atoms with E-state index in [1.54, 1.807) is 0 Å². The molecule has 1 unspecified atom stereocenters. The lowest BCUT2D eigenvalue weighted by Gasteiger charge is -1.90. The molecule has 0 aromatic rings. The first kappa shape index (κ1) is 3.81. The van der Waals surface area contributed by atoms with Crippen LogP contribution in [0.5, 0.6) is 0 Å². The van der Waals surface area contributed by atoms with Crippen LogP contribution in [0.15, 0.2) is 0 Å². The zero-order chi connectivity index (χ0) is 5.86. The summed E-state index contributed by atoms with van der Waals surface area (Å²) in [5.74, 6) is -0.431. The topological polar surface area (TPSA) is 37.3 Å². The average molecular weight is 89.1 g/mol. The molecule has 0 aliphatic heterocycles. The Morgan fingerprint density at radius 2 is 2.67 bits per heavy atom. The van der Waals surface area contributed by atoms with Crippen LogP contribution in [-0.2, 0) is 4.79 Å². The Bertz CT molecular complexity index is 70.1. The number of Topliss-reactive ketones (excluding diaryl/α,β-unsaturated/α-hetero) is 1. The number of carbonyl (C=O) groups is 1. The molecule has 0 fully saturated rings. The Morgan fingerprint density at radius 3 is 2.67 bits per heavy atom. The van der Waals surface area contributed by atoms with Crippen molar-refractivity contribution in [1.29, 1.82) is 0 Å². The number of carbonyl (C=O) groups excluding carboxylic acids is 1. The number of aliphatic hydroxyl groups is 1. The SMILES string of the molecule is [2H]CC(=O)C(C)O. The van der Waals surface area contributed by atoms with Crippen molar-refractivity contribution in [2.45, 2.75) is 19.9 Å². The second-order valence-corrected chi connectivity index (χ2v) is 1.14. The Hall–Kier alpha value is -0.370. The third-order valence-corrected chi connectivity index (χ3v) is 0.466. The molecule has 0 amide bonds. The summed E-state index contributed by atoms with van der Waals surface area (Å²) in [6, 6.07) is 0. The summed E-state index contributed by atoms with van der Waals surface area (Å²) in [5, 5.41) is 8.35. The predicted octanol–water partition coefficient (Wildman–Crippen LogP) is -0.0438. The molecule has 0 aliphatic carbocycles. The standard InChI is InChI=1S/C4H8O2/c1-3(5)4(2)6/h3,5H,1-2H3/i2D. The molecule has 0 heterocycles. The smallest absolute Gasteiger partial charge is 0.157 e. The van der Waals surface area contributed by atoms with E-state index in [2.05, 4.69) is 0 Å². The van der Waals surface area contributed by atoms with Gasteiger partial charge >= 0.3 is 0 Å². The summed E-state index contributed by atoms with van der Waals surface area (Å²) >= 11 is 0. The number of rotatable bonds is 1. The molecule has 36 valence electrons. The van der Waals surface area contributed by atoms with E-state index in [-0.39, 0.29) is 6.90 Å². The lowest BCUT2D eigenvalue weighted by Crippen LogP contribution is -2.10. The van der Waals surface area contributed by atoms with Crippen molar-refractivity contribution < 1.29 is 11.3 Å². The van der Waals surface area contributed by atoms with Gasteiger partial charge in [-0.3, -0.25) is 4.79 Å². The first-order chi connectivity index (χ1) is 3.18. The molecule has 0 aliphatic rings. The van der Waals surface area contributed by atoms with Crippen LogP contribution < -0.4 is 0 Å². The summed E-state index contributed by atoms with van der Waals surface area (Å²) in [4.78, 5) is 10.1. The van der Waals surface area contributed by atoms with Gasteiger partial charge in [0.2, 0.25) is 0 Å². The molecule has 2 nitrogen and oxygen atoms in total. The van der Waals surface area contributed by atoms with Crippen molar-refractivity contribution in [3.05, 3.63) is 0 Å². The lowest BCUT2D eigenvalue weighted by atomic mass is 10.3. The third-order valence-electron chi connectivity index (χ3n) is 0.466. The number of aliphatic hydroxyl groups excluding tert-OH is 1. The predicted molar refractivity (Wildman–Crippen MR) is 22.4 cm³/mol. The van der Waals surface area contributed by atoms with Gasteiger partial charge in [0.1, 0.15) is 6.10 Å². The van der Waals surface area contributed by atoms with Crippen LogP contribution in [0.3, 0.4) is 0 Å². The van der Waals surface area contributed by atoms with E-state index in [1.807, 2.05) is 0 Å². The summed E-state index contributed by atoms with van der Waals surface area (Å²) < 4.78 is 6.43. The molecule has 0 bridgehead atoms. The van der Waals surface area contributed by atoms with E-state index in [0.717, 1.165) is 0 Å². The van der Waals surface area contributed by atoms with Crippen LogP contribution in [0.4, 0.5) is 0 Å². The summed E-state index contributed by atoms with van der Waals surface area (Å²) in [6.45, 7) is 1.04. The largest absolute Gasteiger partial charge is 0.386 e. The van der Waals surface area contributed by atoms with Gasteiger partial charge < -0.3 is 5.11 Å². The highest BCUT2D eigenvalue weighted by Crippen LogP contribution is 1.76. The van der Waals surface area contributed by atoms with Gasteiger partial charge in [-0.2, -0.15) is 0 Å². The minimum Gasteiger partial charge on any atom is -0.386 e. The number of hydrogen-bond donors (Lipinski definition) is 1. The van der Waals surface area contributed by atoms with Crippen LogP contribution in [-0.4, -0.2) is 17.0 Å². The highest BCUT2D eigenvalue weighted by atomic mass is 16.3. The molecule has 0 saturated carbocycles. The summed E-state index contributed by atoms with van der Waals surface area (Å²) in [5.41, 5.74) is 0.